The second-order valence-electron chi connectivity index (χ2n) is 5.31. The zero-order valence-corrected chi connectivity index (χ0v) is 12.8. The van der Waals surface area contributed by atoms with Gasteiger partial charge in [0.2, 0.25) is 5.91 Å². The maximum absolute atomic E-state index is 12.4. The first-order valence-electron chi connectivity index (χ1n) is 7.25. The molecule has 2 heterocycles. The molecule has 1 aromatic heterocycles. The number of carbonyl (C=O) groups excluding carboxylic acids is 1. The third-order valence-corrected chi connectivity index (χ3v) is 4.06. The number of aromatic nitrogens is 2. The van der Waals surface area contributed by atoms with E-state index in [-0.39, 0.29) is 28.9 Å². The summed E-state index contributed by atoms with van der Waals surface area (Å²) >= 11 is 5.18. The minimum atomic E-state index is -0.258. The molecule has 0 unspecified atom stereocenters. The molecule has 116 valence electrons. The number of nitrogens with zero attached hydrogens (tertiary/aromatic N) is 1. The molecule has 7 heteroatoms. The van der Waals surface area contributed by atoms with Crippen LogP contribution in [-0.4, -0.2) is 34.7 Å². The van der Waals surface area contributed by atoms with Gasteiger partial charge < -0.3 is 15.0 Å². The lowest BCUT2D eigenvalue weighted by Crippen LogP contribution is -2.37. The zero-order chi connectivity index (χ0) is 15.5. The average molecular weight is 319 g/mol. The number of H-pyrrole nitrogens is 1. The number of hydrogen-bond donors (Lipinski definition) is 2. The van der Waals surface area contributed by atoms with Crippen LogP contribution in [0.5, 0.6) is 0 Å². The highest BCUT2D eigenvalue weighted by Gasteiger charge is 2.16. The highest BCUT2D eigenvalue weighted by Crippen LogP contribution is 2.10. The predicted molar refractivity (Wildman–Crippen MR) is 85.4 cm³/mol. The van der Waals surface area contributed by atoms with Crippen LogP contribution in [0.15, 0.2) is 29.1 Å². The SMILES string of the molecule is O=C(Cn1c(=S)[nH]c2ccccc2c1=O)NC[C@@H]1CCCO1. The topological polar surface area (TPSA) is 76.1 Å². The molecule has 1 atom stereocenters. The van der Waals surface area contributed by atoms with Crippen molar-refractivity contribution in [2.24, 2.45) is 0 Å². The van der Waals surface area contributed by atoms with Crippen LogP contribution in [0.2, 0.25) is 0 Å². The van der Waals surface area contributed by atoms with Crippen LogP contribution in [0.1, 0.15) is 12.8 Å². The Balaban J connectivity index is 1.77. The summed E-state index contributed by atoms with van der Waals surface area (Å²) in [5.41, 5.74) is 0.417. The van der Waals surface area contributed by atoms with Gasteiger partial charge in [0.25, 0.3) is 5.56 Å². The van der Waals surface area contributed by atoms with Gasteiger partial charge in [-0.3, -0.25) is 14.2 Å². The smallest absolute Gasteiger partial charge is 0.262 e. The van der Waals surface area contributed by atoms with E-state index in [0.29, 0.717) is 17.4 Å². The van der Waals surface area contributed by atoms with Gasteiger partial charge in [0, 0.05) is 13.2 Å². The standard InChI is InChI=1S/C15H17N3O3S/c19-13(16-8-10-4-3-7-21-10)9-18-14(20)11-5-1-2-6-12(11)17-15(18)22/h1-2,5-6,10H,3-4,7-9H2,(H,16,19)(H,17,22)/t10-/m0/s1. The lowest BCUT2D eigenvalue weighted by molar-refractivity contribution is -0.122. The van der Waals surface area contributed by atoms with E-state index in [1.165, 1.54) is 4.57 Å². The fourth-order valence-corrected chi connectivity index (χ4v) is 2.83. The van der Waals surface area contributed by atoms with Crippen molar-refractivity contribution in [2.75, 3.05) is 13.2 Å². The van der Waals surface area contributed by atoms with E-state index in [1.54, 1.807) is 18.2 Å². The van der Waals surface area contributed by atoms with Crippen LogP contribution in [0.25, 0.3) is 10.9 Å². The Bertz CT molecular complexity index is 806. The van der Waals surface area contributed by atoms with E-state index < -0.39 is 0 Å². The molecule has 1 amide bonds. The largest absolute Gasteiger partial charge is 0.376 e. The van der Waals surface area contributed by atoms with E-state index in [4.69, 9.17) is 17.0 Å². The first kappa shape index (κ1) is 14.9. The van der Waals surface area contributed by atoms with Crippen LogP contribution in [-0.2, 0) is 16.1 Å². The summed E-state index contributed by atoms with van der Waals surface area (Å²) in [6.07, 6.45) is 2.05. The quantitative estimate of drug-likeness (QED) is 0.834. The highest BCUT2D eigenvalue weighted by atomic mass is 32.1. The van der Waals surface area contributed by atoms with Crippen molar-refractivity contribution in [3.63, 3.8) is 0 Å². The normalized spacial score (nSPS) is 17.7. The Kier molecular flexibility index (Phi) is 4.35. The van der Waals surface area contributed by atoms with E-state index >= 15 is 0 Å². The minimum absolute atomic E-state index is 0.0757. The zero-order valence-electron chi connectivity index (χ0n) is 12.0. The van der Waals surface area contributed by atoms with Gasteiger partial charge >= 0.3 is 0 Å². The molecular formula is C15H17N3O3S. The minimum Gasteiger partial charge on any atom is -0.376 e. The number of para-hydroxylation sites is 1. The Labute approximate surface area is 132 Å². The van der Waals surface area contributed by atoms with Crippen LogP contribution in [0.3, 0.4) is 0 Å². The molecule has 1 aliphatic rings. The van der Waals surface area contributed by atoms with Crippen molar-refractivity contribution in [3.05, 3.63) is 39.4 Å². The van der Waals surface area contributed by atoms with Gasteiger partial charge in [-0.15, -0.1) is 0 Å². The van der Waals surface area contributed by atoms with Crippen molar-refractivity contribution in [1.29, 1.82) is 0 Å². The van der Waals surface area contributed by atoms with Crippen LogP contribution < -0.4 is 10.9 Å². The molecule has 22 heavy (non-hydrogen) atoms. The molecule has 1 fully saturated rings. The molecule has 1 aromatic carbocycles. The Morgan fingerprint density at radius 1 is 1.45 bits per heavy atom. The first-order valence-corrected chi connectivity index (χ1v) is 7.66. The van der Waals surface area contributed by atoms with Crippen molar-refractivity contribution in [2.45, 2.75) is 25.5 Å². The number of amides is 1. The lowest BCUT2D eigenvalue weighted by atomic mass is 10.2. The van der Waals surface area contributed by atoms with Crippen molar-refractivity contribution >= 4 is 29.0 Å². The number of hydrogen-bond acceptors (Lipinski definition) is 4. The molecular weight excluding hydrogens is 302 g/mol. The molecule has 3 rings (SSSR count). The number of carbonyl (C=O) groups is 1. The van der Waals surface area contributed by atoms with E-state index in [0.717, 1.165) is 19.4 Å². The predicted octanol–water partition coefficient (Wildman–Crippen LogP) is 1.35. The van der Waals surface area contributed by atoms with E-state index in [2.05, 4.69) is 10.3 Å². The number of aromatic amines is 1. The number of ether oxygens (including phenoxy) is 1. The molecule has 0 spiro atoms. The highest BCUT2D eigenvalue weighted by molar-refractivity contribution is 7.71. The van der Waals surface area contributed by atoms with E-state index in [1.807, 2.05) is 6.07 Å². The van der Waals surface area contributed by atoms with Gasteiger partial charge in [0.1, 0.15) is 6.54 Å². The average Bonchev–Trinajstić information content (AvgIpc) is 3.03. The van der Waals surface area contributed by atoms with Gasteiger partial charge in [0.15, 0.2) is 4.77 Å². The van der Waals surface area contributed by atoms with Gasteiger partial charge in [-0.25, -0.2) is 0 Å². The first-order chi connectivity index (χ1) is 10.6. The van der Waals surface area contributed by atoms with E-state index in [9.17, 15) is 9.59 Å². The van der Waals surface area contributed by atoms with Crippen molar-refractivity contribution < 1.29 is 9.53 Å². The number of rotatable bonds is 4. The van der Waals surface area contributed by atoms with Crippen LogP contribution in [0.4, 0.5) is 0 Å². The summed E-state index contributed by atoms with van der Waals surface area (Å²) < 4.78 is 6.98. The van der Waals surface area contributed by atoms with Gasteiger partial charge in [0.05, 0.1) is 17.0 Å². The third-order valence-electron chi connectivity index (χ3n) is 3.74. The van der Waals surface area contributed by atoms with Gasteiger partial charge in [-0.1, -0.05) is 12.1 Å². The molecule has 2 aromatic rings. The summed E-state index contributed by atoms with van der Waals surface area (Å²) in [5, 5.41) is 3.31. The molecule has 0 aliphatic carbocycles. The monoisotopic (exact) mass is 319 g/mol. The Morgan fingerprint density at radius 3 is 3.05 bits per heavy atom. The summed E-state index contributed by atoms with van der Waals surface area (Å²) in [6, 6.07) is 7.10. The molecule has 1 aliphatic heterocycles. The van der Waals surface area contributed by atoms with Gasteiger partial charge in [-0.05, 0) is 37.2 Å². The number of nitrogens with one attached hydrogen (secondary N) is 2. The molecule has 0 bridgehead atoms. The fraction of sp³-hybridized carbons (Fsp3) is 0.400. The summed E-state index contributed by atoms with van der Waals surface area (Å²) in [5.74, 6) is -0.243. The second-order valence-corrected chi connectivity index (χ2v) is 5.69. The maximum atomic E-state index is 12.4. The van der Waals surface area contributed by atoms with Crippen molar-refractivity contribution in [1.82, 2.24) is 14.9 Å². The fourth-order valence-electron chi connectivity index (χ4n) is 2.58. The Morgan fingerprint density at radius 2 is 2.27 bits per heavy atom. The van der Waals surface area contributed by atoms with Crippen molar-refractivity contribution in [3.8, 4) is 0 Å². The third kappa shape index (κ3) is 3.10. The number of benzene rings is 1. The molecule has 6 nitrogen and oxygen atoms in total. The molecule has 0 radical (unpaired) electrons. The summed E-state index contributed by atoms with van der Waals surface area (Å²) in [7, 11) is 0. The molecule has 0 saturated carbocycles. The number of fused-ring (bicyclic) bond motifs is 1. The Hall–Kier alpha value is -1.99. The summed E-state index contributed by atoms with van der Waals surface area (Å²) in [4.78, 5) is 27.4. The van der Waals surface area contributed by atoms with Gasteiger partial charge in [-0.2, -0.15) is 0 Å². The maximum Gasteiger partial charge on any atom is 0.262 e. The molecule has 1 saturated heterocycles. The second kappa shape index (κ2) is 6.41. The van der Waals surface area contributed by atoms with Crippen LogP contribution in [0, 0.1) is 4.77 Å². The van der Waals surface area contributed by atoms with Crippen LogP contribution >= 0.6 is 12.2 Å². The molecule has 2 N–H and O–H groups in total. The lowest BCUT2D eigenvalue weighted by Gasteiger charge is -2.12. The summed E-state index contributed by atoms with van der Waals surface area (Å²) in [6.45, 7) is 1.12.